The Hall–Kier alpha value is -2.20. The van der Waals surface area contributed by atoms with Gasteiger partial charge in [-0.05, 0) is 48.2 Å². The van der Waals surface area contributed by atoms with E-state index in [0.717, 1.165) is 42.7 Å². The molecule has 0 bridgehead atoms. The third-order valence-corrected chi connectivity index (χ3v) is 5.60. The van der Waals surface area contributed by atoms with Crippen molar-refractivity contribution in [2.75, 3.05) is 13.7 Å². The highest BCUT2D eigenvalue weighted by molar-refractivity contribution is 6.30. The highest BCUT2D eigenvalue weighted by Gasteiger charge is 2.51. The molecule has 2 atom stereocenters. The molecule has 4 rings (SSSR count). The molecule has 0 N–H and O–H groups in total. The number of carbonyl (C=O) groups is 1. The smallest absolute Gasteiger partial charge is 0.411 e. The summed E-state index contributed by atoms with van der Waals surface area (Å²) in [6.07, 6.45) is 2.17. The van der Waals surface area contributed by atoms with Gasteiger partial charge in [-0.1, -0.05) is 35.9 Å². The third-order valence-electron chi connectivity index (χ3n) is 5.34. The molecule has 5 heteroatoms. The molecule has 2 fully saturated rings. The van der Waals surface area contributed by atoms with E-state index in [1.54, 1.807) is 7.11 Å². The van der Waals surface area contributed by atoms with Crippen molar-refractivity contribution in [3.05, 3.63) is 64.7 Å². The minimum absolute atomic E-state index is 0.237. The molecule has 2 saturated heterocycles. The molecule has 0 radical (unpaired) electrons. The summed E-state index contributed by atoms with van der Waals surface area (Å²) in [6, 6.07) is 15.6. The van der Waals surface area contributed by atoms with Gasteiger partial charge in [-0.3, -0.25) is 4.90 Å². The Kier molecular flexibility index (Phi) is 4.08. The van der Waals surface area contributed by atoms with Crippen LogP contribution in [-0.4, -0.2) is 24.6 Å². The van der Waals surface area contributed by atoms with Crippen LogP contribution < -0.4 is 4.74 Å². The van der Waals surface area contributed by atoms with Gasteiger partial charge in [-0.15, -0.1) is 0 Å². The van der Waals surface area contributed by atoms with E-state index in [1.165, 1.54) is 0 Å². The summed E-state index contributed by atoms with van der Waals surface area (Å²) < 4.78 is 11.0. The lowest BCUT2D eigenvalue weighted by Gasteiger charge is -2.45. The van der Waals surface area contributed by atoms with Gasteiger partial charge in [-0.2, -0.15) is 0 Å². The van der Waals surface area contributed by atoms with Gasteiger partial charge >= 0.3 is 6.09 Å². The van der Waals surface area contributed by atoms with Gasteiger partial charge in [0.2, 0.25) is 0 Å². The molecule has 2 aromatic rings. The van der Waals surface area contributed by atoms with Crippen LogP contribution in [0.15, 0.2) is 48.5 Å². The minimum atomic E-state index is -0.315. The molecule has 0 unspecified atom stereocenters. The van der Waals surface area contributed by atoms with Gasteiger partial charge in [-0.25, -0.2) is 4.79 Å². The Morgan fingerprint density at radius 3 is 2.56 bits per heavy atom. The number of nitrogens with zero attached hydrogens (tertiary/aromatic N) is 1. The second-order valence-corrected chi connectivity index (χ2v) is 7.08. The predicted octanol–water partition coefficient (Wildman–Crippen LogP) is 4.92. The van der Waals surface area contributed by atoms with Crippen molar-refractivity contribution < 1.29 is 14.3 Å². The van der Waals surface area contributed by atoms with Gasteiger partial charge in [0.05, 0.1) is 12.6 Å². The molecule has 2 aliphatic heterocycles. The van der Waals surface area contributed by atoms with E-state index in [2.05, 4.69) is 0 Å². The van der Waals surface area contributed by atoms with Gasteiger partial charge in [0.25, 0.3) is 0 Å². The van der Waals surface area contributed by atoms with Crippen LogP contribution in [0.4, 0.5) is 4.79 Å². The molecule has 2 aromatic carbocycles. The number of carbonyl (C=O) groups excluding carboxylic acids is 1. The van der Waals surface area contributed by atoms with E-state index >= 15 is 0 Å². The number of benzene rings is 2. The van der Waals surface area contributed by atoms with Gasteiger partial charge in [0.15, 0.2) is 0 Å². The first-order valence-corrected chi connectivity index (χ1v) is 8.88. The highest BCUT2D eigenvalue weighted by Crippen LogP contribution is 2.49. The highest BCUT2D eigenvalue weighted by atomic mass is 35.5. The first-order valence-electron chi connectivity index (χ1n) is 8.51. The summed E-state index contributed by atoms with van der Waals surface area (Å²) in [6.45, 7) is 0.733. The van der Waals surface area contributed by atoms with Gasteiger partial charge < -0.3 is 9.47 Å². The van der Waals surface area contributed by atoms with E-state index in [-0.39, 0.29) is 17.7 Å². The van der Waals surface area contributed by atoms with E-state index in [9.17, 15) is 4.79 Å². The molecule has 0 aromatic heterocycles. The predicted molar refractivity (Wildman–Crippen MR) is 95.9 cm³/mol. The lowest BCUT2D eigenvalue weighted by molar-refractivity contribution is -0.0309. The van der Waals surface area contributed by atoms with Crippen molar-refractivity contribution in [2.45, 2.75) is 30.9 Å². The zero-order valence-corrected chi connectivity index (χ0v) is 14.8. The maximum atomic E-state index is 12.7. The summed E-state index contributed by atoms with van der Waals surface area (Å²) >= 11 is 6.06. The van der Waals surface area contributed by atoms with Crippen LogP contribution in [0.25, 0.3) is 0 Å². The summed E-state index contributed by atoms with van der Waals surface area (Å²) in [7, 11) is 1.64. The molecule has 0 saturated carbocycles. The van der Waals surface area contributed by atoms with E-state index < -0.39 is 0 Å². The topological polar surface area (TPSA) is 38.8 Å². The molecule has 4 nitrogen and oxygen atoms in total. The molecule has 0 spiro atoms. The molecule has 2 heterocycles. The Morgan fingerprint density at radius 2 is 1.88 bits per heavy atom. The molecular weight excluding hydrogens is 338 g/mol. The van der Waals surface area contributed by atoms with Gasteiger partial charge in [0.1, 0.15) is 11.9 Å². The molecule has 130 valence electrons. The average molecular weight is 358 g/mol. The molecule has 1 amide bonds. The van der Waals surface area contributed by atoms with Crippen molar-refractivity contribution >= 4 is 17.7 Å². The molecular formula is C20H20ClNO3. The van der Waals surface area contributed by atoms with Crippen molar-refractivity contribution in [3.8, 4) is 5.75 Å². The number of rotatable bonds is 3. The number of halogens is 1. The molecule has 0 aliphatic carbocycles. The van der Waals surface area contributed by atoms with E-state index in [4.69, 9.17) is 21.1 Å². The van der Waals surface area contributed by atoms with Crippen LogP contribution in [-0.2, 0) is 10.3 Å². The van der Waals surface area contributed by atoms with Crippen LogP contribution in [0.3, 0.4) is 0 Å². The fourth-order valence-electron chi connectivity index (χ4n) is 4.07. The fraction of sp³-hybridized carbons (Fsp3) is 0.350. The summed E-state index contributed by atoms with van der Waals surface area (Å²) in [5.74, 6) is 0.792. The second kappa shape index (κ2) is 6.26. The number of cyclic esters (lactones) is 1. The molecule has 2 aliphatic rings. The van der Waals surface area contributed by atoms with Crippen LogP contribution in [0.2, 0.25) is 5.02 Å². The number of amides is 1. The normalized spacial score (nSPS) is 25.4. The monoisotopic (exact) mass is 357 g/mol. The molecule has 25 heavy (non-hydrogen) atoms. The minimum Gasteiger partial charge on any atom is -0.497 e. The lowest BCUT2D eigenvalue weighted by Crippen LogP contribution is -2.50. The summed E-state index contributed by atoms with van der Waals surface area (Å²) in [5, 5.41) is 0.704. The first-order chi connectivity index (χ1) is 12.1. The zero-order valence-electron chi connectivity index (χ0n) is 14.1. The SMILES string of the molecule is COc1ccc([C@@H]2C[C@]3(c4ccc(Cl)cc4)CCCN3C(=O)O2)cc1. The van der Waals surface area contributed by atoms with E-state index in [0.29, 0.717) is 5.02 Å². The van der Waals surface area contributed by atoms with Crippen molar-refractivity contribution in [3.63, 3.8) is 0 Å². The number of hydrogen-bond acceptors (Lipinski definition) is 3. The Morgan fingerprint density at radius 1 is 1.16 bits per heavy atom. The summed E-state index contributed by atoms with van der Waals surface area (Å²) in [4.78, 5) is 14.6. The number of fused-ring (bicyclic) bond motifs is 1. The zero-order chi connectivity index (χ0) is 17.4. The maximum absolute atomic E-state index is 12.7. The van der Waals surface area contributed by atoms with Crippen LogP contribution in [0, 0.1) is 0 Å². The average Bonchev–Trinajstić information content (AvgIpc) is 3.08. The summed E-state index contributed by atoms with van der Waals surface area (Å²) in [5.41, 5.74) is 1.81. The van der Waals surface area contributed by atoms with Crippen LogP contribution >= 0.6 is 11.6 Å². The van der Waals surface area contributed by atoms with Crippen molar-refractivity contribution in [2.24, 2.45) is 0 Å². The first kappa shape index (κ1) is 16.3. The largest absolute Gasteiger partial charge is 0.497 e. The second-order valence-electron chi connectivity index (χ2n) is 6.64. The van der Waals surface area contributed by atoms with Crippen LogP contribution in [0.1, 0.15) is 36.5 Å². The van der Waals surface area contributed by atoms with E-state index in [1.807, 2.05) is 53.4 Å². The Labute approximate surface area is 152 Å². The number of ether oxygens (including phenoxy) is 2. The van der Waals surface area contributed by atoms with Crippen molar-refractivity contribution in [1.82, 2.24) is 4.90 Å². The van der Waals surface area contributed by atoms with Crippen molar-refractivity contribution in [1.29, 1.82) is 0 Å². The standard InChI is InChI=1S/C20H20ClNO3/c1-24-17-9-3-14(4-10-17)18-13-20(15-5-7-16(21)8-6-15)11-2-12-22(20)19(23)25-18/h3-10,18H,2,11-13H2,1H3/t18-,20-/m0/s1. The van der Waals surface area contributed by atoms with Gasteiger partial charge in [0, 0.05) is 18.0 Å². The third kappa shape index (κ3) is 2.74. The maximum Gasteiger partial charge on any atom is 0.411 e. The lowest BCUT2D eigenvalue weighted by atomic mass is 9.80. The van der Waals surface area contributed by atoms with Crippen LogP contribution in [0.5, 0.6) is 5.75 Å². The quantitative estimate of drug-likeness (QED) is 0.782. The Balaban J connectivity index is 1.71. The fourth-order valence-corrected chi connectivity index (χ4v) is 4.20. The number of methoxy groups -OCH3 is 1. The Bertz CT molecular complexity index is 775. The number of hydrogen-bond donors (Lipinski definition) is 0.